The predicted octanol–water partition coefficient (Wildman–Crippen LogP) is 5.71. The second kappa shape index (κ2) is 11.8. The van der Waals surface area contributed by atoms with Crippen molar-refractivity contribution in [2.24, 2.45) is 0 Å². The quantitative estimate of drug-likeness (QED) is 0.220. The molecule has 5 amide bonds. The Hall–Kier alpha value is -5.21. The maximum Gasteiger partial charge on any atom is 0.419 e. The number of carbonyl (C=O) groups is 4. The topological polar surface area (TPSA) is 122 Å². The van der Waals surface area contributed by atoms with Gasteiger partial charge in [0.05, 0.1) is 17.8 Å². The second-order valence-electron chi connectivity index (χ2n) is 10.3. The lowest BCUT2D eigenvalue weighted by Crippen LogP contribution is -2.43. The van der Waals surface area contributed by atoms with Crippen LogP contribution in [-0.2, 0) is 22.3 Å². The van der Waals surface area contributed by atoms with Gasteiger partial charge >= 0.3 is 24.2 Å². The fourth-order valence-electron chi connectivity index (χ4n) is 4.48. The SMILES string of the molecule is CN(C(=O)NCC(=O)O)c1ccc(Nc2cc(F)ccc2CN2C(=O)N(c3ccc(F)c(C(F)(F)F)c3)C(=O)C2(C)C)cc1. The zero-order valence-electron chi connectivity index (χ0n) is 23.5. The van der Waals surface area contributed by atoms with E-state index in [0.29, 0.717) is 34.0 Å². The molecule has 0 atom stereocenters. The molecule has 1 saturated heterocycles. The van der Waals surface area contributed by atoms with Gasteiger partial charge in [0.25, 0.3) is 5.91 Å². The maximum absolute atomic E-state index is 14.3. The first-order valence-electron chi connectivity index (χ1n) is 12.9. The molecule has 0 unspecified atom stereocenters. The van der Waals surface area contributed by atoms with Crippen LogP contribution in [-0.4, -0.2) is 53.1 Å². The highest BCUT2D eigenvalue weighted by molar-refractivity contribution is 6.23. The Labute approximate surface area is 247 Å². The minimum atomic E-state index is -5.06. The average molecular weight is 620 g/mol. The smallest absolute Gasteiger partial charge is 0.419 e. The number of alkyl halides is 3. The van der Waals surface area contributed by atoms with Crippen LogP contribution in [0.4, 0.5) is 54.3 Å². The summed E-state index contributed by atoms with van der Waals surface area (Å²) in [7, 11) is 1.43. The summed E-state index contributed by atoms with van der Waals surface area (Å²) in [6.07, 6.45) is -5.06. The number of anilines is 4. The van der Waals surface area contributed by atoms with Crippen LogP contribution in [0.1, 0.15) is 25.0 Å². The van der Waals surface area contributed by atoms with Crippen molar-refractivity contribution >= 4 is 46.7 Å². The number of carbonyl (C=O) groups excluding carboxylic acids is 3. The first-order valence-corrected chi connectivity index (χ1v) is 12.9. The van der Waals surface area contributed by atoms with Gasteiger partial charge in [-0.25, -0.2) is 23.3 Å². The molecule has 232 valence electrons. The number of carboxylic acids is 1. The number of carboxylic acid groups (broad SMARTS) is 1. The van der Waals surface area contributed by atoms with E-state index in [1.165, 1.54) is 31.9 Å². The van der Waals surface area contributed by atoms with Crippen LogP contribution in [0, 0.1) is 11.6 Å². The molecule has 4 rings (SSSR count). The molecule has 0 spiro atoms. The Morgan fingerprint density at radius 2 is 1.64 bits per heavy atom. The molecule has 3 aromatic carbocycles. The molecule has 0 aromatic heterocycles. The lowest BCUT2D eigenvalue weighted by Gasteiger charge is -2.28. The fraction of sp³-hybridized carbons (Fsp3) is 0.241. The number of hydrogen-bond donors (Lipinski definition) is 3. The standard InChI is InChI=1S/C29H26F5N5O5/c1-28(2)25(42)39(20-10-11-22(31)21(13-20)29(32,33)34)27(44)38(28)15-16-4-5-17(30)12-23(16)36-18-6-8-19(9-7-18)37(3)26(43)35-14-24(40)41/h4-13,36H,14-15H2,1-3H3,(H,35,43)(H,40,41). The molecule has 0 saturated carbocycles. The van der Waals surface area contributed by atoms with E-state index >= 15 is 0 Å². The number of hydrogen-bond acceptors (Lipinski definition) is 5. The molecule has 10 nitrogen and oxygen atoms in total. The monoisotopic (exact) mass is 619 g/mol. The Bertz CT molecular complexity index is 1630. The number of benzene rings is 3. The van der Waals surface area contributed by atoms with Crippen molar-refractivity contribution in [3.8, 4) is 0 Å². The minimum Gasteiger partial charge on any atom is -0.480 e. The van der Waals surface area contributed by atoms with E-state index in [4.69, 9.17) is 5.11 Å². The summed E-state index contributed by atoms with van der Waals surface area (Å²) in [4.78, 5) is 52.4. The van der Waals surface area contributed by atoms with E-state index in [2.05, 4.69) is 10.6 Å². The Morgan fingerprint density at radius 3 is 2.25 bits per heavy atom. The molecular formula is C29H26F5N5O5. The molecule has 3 aromatic rings. The molecular weight excluding hydrogens is 593 g/mol. The summed E-state index contributed by atoms with van der Waals surface area (Å²) in [6.45, 7) is 1.98. The third-order valence-electron chi connectivity index (χ3n) is 6.97. The Morgan fingerprint density at radius 1 is 0.977 bits per heavy atom. The number of halogens is 5. The van der Waals surface area contributed by atoms with Gasteiger partial charge in [0.15, 0.2) is 0 Å². The Balaban J connectivity index is 1.58. The van der Waals surface area contributed by atoms with E-state index in [9.17, 15) is 41.1 Å². The van der Waals surface area contributed by atoms with Crippen LogP contribution in [0.2, 0.25) is 0 Å². The molecule has 44 heavy (non-hydrogen) atoms. The highest BCUT2D eigenvalue weighted by Gasteiger charge is 2.52. The molecule has 15 heteroatoms. The number of nitrogens with one attached hydrogen (secondary N) is 2. The number of rotatable bonds is 8. The minimum absolute atomic E-state index is 0.209. The molecule has 0 bridgehead atoms. The number of amides is 5. The van der Waals surface area contributed by atoms with Crippen molar-refractivity contribution in [1.29, 1.82) is 0 Å². The van der Waals surface area contributed by atoms with Crippen LogP contribution in [0.25, 0.3) is 0 Å². The number of aliphatic carboxylic acids is 1. The van der Waals surface area contributed by atoms with Crippen molar-refractivity contribution in [2.45, 2.75) is 32.1 Å². The van der Waals surface area contributed by atoms with Crippen LogP contribution in [0.3, 0.4) is 0 Å². The van der Waals surface area contributed by atoms with E-state index in [1.54, 1.807) is 24.3 Å². The van der Waals surface area contributed by atoms with Crippen LogP contribution < -0.4 is 20.4 Å². The van der Waals surface area contributed by atoms with Crippen molar-refractivity contribution in [2.75, 3.05) is 28.7 Å². The van der Waals surface area contributed by atoms with E-state index in [1.807, 2.05) is 0 Å². The van der Waals surface area contributed by atoms with Gasteiger partial charge in [-0.05, 0) is 74.0 Å². The third-order valence-corrected chi connectivity index (χ3v) is 6.97. The van der Waals surface area contributed by atoms with Gasteiger partial charge in [-0.1, -0.05) is 6.07 Å². The summed E-state index contributed by atoms with van der Waals surface area (Å²) in [6, 6.07) is 10.1. The second-order valence-corrected chi connectivity index (χ2v) is 10.3. The van der Waals surface area contributed by atoms with E-state index in [-0.39, 0.29) is 12.2 Å². The summed E-state index contributed by atoms with van der Waals surface area (Å²) in [5, 5.41) is 14.0. The zero-order chi connectivity index (χ0) is 32.6. The lowest BCUT2D eigenvalue weighted by atomic mass is 10.0. The first kappa shape index (κ1) is 31.7. The third kappa shape index (κ3) is 6.40. The summed E-state index contributed by atoms with van der Waals surface area (Å²) in [5.74, 6) is -4.23. The van der Waals surface area contributed by atoms with E-state index < -0.39 is 65.1 Å². The molecule has 0 radical (unpaired) electrons. The normalized spacial score (nSPS) is 14.5. The zero-order valence-corrected chi connectivity index (χ0v) is 23.5. The lowest BCUT2D eigenvalue weighted by molar-refractivity contribution is -0.140. The van der Waals surface area contributed by atoms with Gasteiger partial charge in [-0.15, -0.1) is 0 Å². The molecule has 0 aliphatic carbocycles. The average Bonchev–Trinajstić information content (AvgIpc) is 3.11. The van der Waals surface area contributed by atoms with Gasteiger partial charge in [-0.3, -0.25) is 14.5 Å². The van der Waals surface area contributed by atoms with Gasteiger partial charge in [0, 0.05) is 24.1 Å². The van der Waals surface area contributed by atoms with Crippen molar-refractivity contribution in [1.82, 2.24) is 10.2 Å². The fourth-order valence-corrected chi connectivity index (χ4v) is 4.48. The van der Waals surface area contributed by atoms with Crippen LogP contribution in [0.15, 0.2) is 60.7 Å². The Kier molecular flexibility index (Phi) is 8.52. The van der Waals surface area contributed by atoms with E-state index in [0.717, 1.165) is 23.1 Å². The van der Waals surface area contributed by atoms with Crippen molar-refractivity contribution in [3.05, 3.63) is 83.4 Å². The molecule has 1 aliphatic heterocycles. The first-order chi connectivity index (χ1) is 20.5. The van der Waals surface area contributed by atoms with Crippen molar-refractivity contribution in [3.63, 3.8) is 0 Å². The predicted molar refractivity (Wildman–Crippen MR) is 149 cm³/mol. The summed E-state index contributed by atoms with van der Waals surface area (Å²) < 4.78 is 68.1. The summed E-state index contributed by atoms with van der Waals surface area (Å²) >= 11 is 0. The van der Waals surface area contributed by atoms with Crippen LogP contribution in [0.5, 0.6) is 0 Å². The highest BCUT2D eigenvalue weighted by atomic mass is 19.4. The van der Waals surface area contributed by atoms with Crippen LogP contribution >= 0.6 is 0 Å². The molecule has 1 fully saturated rings. The summed E-state index contributed by atoms with van der Waals surface area (Å²) in [5.41, 5.74) is -2.21. The molecule has 3 N–H and O–H groups in total. The maximum atomic E-state index is 14.3. The molecule has 1 heterocycles. The van der Waals surface area contributed by atoms with Gasteiger partial charge < -0.3 is 20.6 Å². The van der Waals surface area contributed by atoms with Crippen molar-refractivity contribution < 1.29 is 46.2 Å². The van der Waals surface area contributed by atoms with Gasteiger partial charge in [-0.2, -0.15) is 13.2 Å². The number of imide groups is 1. The molecule has 1 aliphatic rings. The number of urea groups is 2. The number of nitrogens with zero attached hydrogens (tertiary/aromatic N) is 3. The van der Waals surface area contributed by atoms with Gasteiger partial charge in [0.2, 0.25) is 0 Å². The van der Waals surface area contributed by atoms with Gasteiger partial charge in [0.1, 0.15) is 23.7 Å². The highest BCUT2D eigenvalue weighted by Crippen LogP contribution is 2.38. The largest absolute Gasteiger partial charge is 0.480 e.